The molecule has 0 atom stereocenters. The molecular formula is C18H23NO2S. The third kappa shape index (κ3) is 3.02. The molecule has 0 spiro atoms. The first-order valence-electron chi connectivity index (χ1n) is 8.38. The van der Waals surface area contributed by atoms with Gasteiger partial charge in [0.15, 0.2) is 5.78 Å². The third-order valence-electron chi connectivity index (χ3n) is 4.66. The van der Waals surface area contributed by atoms with Crippen LogP contribution in [0.4, 0.5) is 0 Å². The van der Waals surface area contributed by atoms with E-state index in [1.54, 1.807) is 0 Å². The topological polar surface area (TPSA) is 39.1 Å². The number of benzene rings is 1. The molecule has 3 rings (SSSR count). The average Bonchev–Trinajstić information content (AvgIpc) is 3.14. The summed E-state index contributed by atoms with van der Waals surface area (Å²) in [6, 6.07) is 5.80. The quantitative estimate of drug-likeness (QED) is 0.576. The van der Waals surface area contributed by atoms with Gasteiger partial charge in [0.25, 0.3) is 0 Å². The number of ketones is 1. The number of fused-ring (bicyclic) bond motifs is 1. The second kappa shape index (κ2) is 6.78. The van der Waals surface area contributed by atoms with Crippen LogP contribution in [0.5, 0.6) is 0 Å². The van der Waals surface area contributed by atoms with E-state index in [4.69, 9.17) is 0 Å². The standard InChI is InChI=1S/C18H23NO2S/c1-2-3-6-11-19-15-10-9-14(12-16(15)22-18(19)21)17(20)13-7-4-5-8-13/h9-10,12-13H,2-8,11H2,1H3. The SMILES string of the molecule is CCCCCn1c(=O)sc2cc(C(=O)C3CCCC3)ccc21. The molecule has 1 aromatic carbocycles. The fraction of sp³-hybridized carbons (Fsp3) is 0.556. The van der Waals surface area contributed by atoms with Crippen molar-refractivity contribution in [2.24, 2.45) is 5.92 Å². The van der Waals surface area contributed by atoms with E-state index in [-0.39, 0.29) is 16.6 Å². The van der Waals surface area contributed by atoms with E-state index < -0.39 is 0 Å². The zero-order valence-electron chi connectivity index (χ0n) is 13.1. The van der Waals surface area contributed by atoms with Crippen LogP contribution in [0.2, 0.25) is 0 Å². The summed E-state index contributed by atoms with van der Waals surface area (Å²) < 4.78 is 2.81. The van der Waals surface area contributed by atoms with E-state index in [2.05, 4.69) is 6.92 Å². The number of hydrogen-bond acceptors (Lipinski definition) is 3. The summed E-state index contributed by atoms with van der Waals surface area (Å²) in [6.07, 6.45) is 7.69. The number of thiazole rings is 1. The number of hydrogen-bond donors (Lipinski definition) is 0. The van der Waals surface area contributed by atoms with Crippen LogP contribution in [0.3, 0.4) is 0 Å². The Hall–Kier alpha value is -1.42. The fourth-order valence-corrected chi connectivity index (χ4v) is 4.33. The van der Waals surface area contributed by atoms with Crippen LogP contribution in [0.25, 0.3) is 10.2 Å². The normalized spacial score (nSPS) is 15.7. The molecule has 0 radical (unpaired) electrons. The van der Waals surface area contributed by atoms with Gasteiger partial charge in [-0.2, -0.15) is 0 Å². The highest BCUT2D eigenvalue weighted by atomic mass is 32.1. The third-order valence-corrected chi connectivity index (χ3v) is 5.61. The van der Waals surface area contributed by atoms with Crippen LogP contribution in [0, 0.1) is 5.92 Å². The summed E-state index contributed by atoms with van der Waals surface area (Å²) in [5.74, 6) is 0.457. The summed E-state index contributed by atoms with van der Waals surface area (Å²) in [6.45, 7) is 2.94. The van der Waals surface area contributed by atoms with Gasteiger partial charge in [-0.05, 0) is 37.5 Å². The Morgan fingerprint density at radius 2 is 2.05 bits per heavy atom. The highest BCUT2D eigenvalue weighted by Crippen LogP contribution is 2.29. The molecule has 0 unspecified atom stereocenters. The molecule has 0 bridgehead atoms. The van der Waals surface area contributed by atoms with E-state index in [0.717, 1.165) is 54.4 Å². The lowest BCUT2D eigenvalue weighted by molar-refractivity contribution is 0.0923. The van der Waals surface area contributed by atoms with Gasteiger partial charge in [0.2, 0.25) is 0 Å². The van der Waals surface area contributed by atoms with Crippen molar-refractivity contribution in [3.8, 4) is 0 Å². The molecule has 3 nitrogen and oxygen atoms in total. The maximum atomic E-state index is 12.5. The van der Waals surface area contributed by atoms with Gasteiger partial charge in [0.1, 0.15) is 0 Å². The predicted octanol–water partition coefficient (Wildman–Crippen LogP) is 4.63. The zero-order chi connectivity index (χ0) is 15.5. The van der Waals surface area contributed by atoms with E-state index in [0.29, 0.717) is 0 Å². The first-order valence-corrected chi connectivity index (χ1v) is 9.20. The van der Waals surface area contributed by atoms with Crippen molar-refractivity contribution in [3.63, 3.8) is 0 Å². The molecule has 4 heteroatoms. The second-order valence-electron chi connectivity index (χ2n) is 6.25. The van der Waals surface area contributed by atoms with Gasteiger partial charge in [-0.25, -0.2) is 0 Å². The van der Waals surface area contributed by atoms with E-state index in [1.807, 2.05) is 22.8 Å². The number of Topliss-reactive ketones (excluding diaryl/α,β-unsaturated/α-hetero) is 1. The number of carbonyl (C=O) groups excluding carboxylic acids is 1. The number of aromatic nitrogens is 1. The number of nitrogens with zero attached hydrogens (tertiary/aromatic N) is 1. The van der Waals surface area contributed by atoms with Gasteiger partial charge >= 0.3 is 4.87 Å². The lowest BCUT2D eigenvalue weighted by Gasteiger charge is -2.08. The van der Waals surface area contributed by atoms with Crippen molar-refractivity contribution in [3.05, 3.63) is 33.4 Å². The van der Waals surface area contributed by atoms with Crippen LogP contribution in [-0.2, 0) is 6.54 Å². The molecule has 1 aliphatic rings. The first kappa shape index (κ1) is 15.5. The molecule has 1 fully saturated rings. The summed E-state index contributed by atoms with van der Waals surface area (Å²) in [4.78, 5) is 24.8. The molecular weight excluding hydrogens is 294 g/mol. The lowest BCUT2D eigenvalue weighted by atomic mass is 9.96. The highest BCUT2D eigenvalue weighted by molar-refractivity contribution is 7.16. The lowest BCUT2D eigenvalue weighted by Crippen LogP contribution is -2.13. The van der Waals surface area contributed by atoms with Gasteiger partial charge < -0.3 is 0 Å². The van der Waals surface area contributed by atoms with Crippen LogP contribution < -0.4 is 4.87 Å². The van der Waals surface area contributed by atoms with Crippen LogP contribution >= 0.6 is 11.3 Å². The Labute approximate surface area is 135 Å². The molecule has 2 aromatic rings. The highest BCUT2D eigenvalue weighted by Gasteiger charge is 2.24. The Kier molecular flexibility index (Phi) is 4.77. The molecule has 0 aliphatic heterocycles. The Morgan fingerprint density at radius 3 is 2.77 bits per heavy atom. The fourth-order valence-electron chi connectivity index (χ4n) is 3.38. The minimum absolute atomic E-state index is 0.0940. The average molecular weight is 317 g/mol. The van der Waals surface area contributed by atoms with Gasteiger partial charge in [-0.3, -0.25) is 14.2 Å². The molecule has 0 N–H and O–H groups in total. The summed E-state index contributed by atoms with van der Waals surface area (Å²) in [5.41, 5.74) is 1.76. The number of unbranched alkanes of at least 4 members (excludes halogenated alkanes) is 2. The van der Waals surface area contributed by atoms with Gasteiger partial charge in [0, 0.05) is 18.0 Å². The van der Waals surface area contributed by atoms with E-state index >= 15 is 0 Å². The van der Waals surface area contributed by atoms with Crippen LogP contribution in [0.1, 0.15) is 62.2 Å². The van der Waals surface area contributed by atoms with Gasteiger partial charge in [-0.15, -0.1) is 0 Å². The van der Waals surface area contributed by atoms with Crippen molar-refractivity contribution in [1.82, 2.24) is 4.57 Å². The van der Waals surface area contributed by atoms with Gasteiger partial charge in [-0.1, -0.05) is 43.9 Å². The molecule has 0 saturated heterocycles. The van der Waals surface area contributed by atoms with Crippen LogP contribution in [0.15, 0.2) is 23.0 Å². The maximum absolute atomic E-state index is 12.5. The molecule has 118 valence electrons. The minimum Gasteiger partial charge on any atom is -0.299 e. The van der Waals surface area contributed by atoms with Crippen molar-refractivity contribution in [2.45, 2.75) is 58.4 Å². The largest absolute Gasteiger partial charge is 0.308 e. The Balaban J connectivity index is 1.87. The van der Waals surface area contributed by atoms with Crippen LogP contribution in [-0.4, -0.2) is 10.4 Å². The minimum atomic E-state index is 0.0940. The predicted molar refractivity (Wildman–Crippen MR) is 91.9 cm³/mol. The molecule has 1 aliphatic carbocycles. The molecule has 1 heterocycles. The number of carbonyl (C=O) groups is 1. The summed E-state index contributed by atoms with van der Waals surface area (Å²) >= 11 is 1.27. The molecule has 1 aromatic heterocycles. The maximum Gasteiger partial charge on any atom is 0.308 e. The smallest absolute Gasteiger partial charge is 0.299 e. The number of aryl methyl sites for hydroxylation is 1. The second-order valence-corrected chi connectivity index (χ2v) is 7.25. The van der Waals surface area contributed by atoms with Crippen molar-refractivity contribution < 1.29 is 4.79 Å². The van der Waals surface area contributed by atoms with E-state index in [1.165, 1.54) is 24.2 Å². The molecule has 1 saturated carbocycles. The molecule has 22 heavy (non-hydrogen) atoms. The Bertz CT molecular complexity index is 722. The van der Waals surface area contributed by atoms with Gasteiger partial charge in [0.05, 0.1) is 10.2 Å². The summed E-state index contributed by atoms with van der Waals surface area (Å²) in [7, 11) is 0. The van der Waals surface area contributed by atoms with E-state index in [9.17, 15) is 9.59 Å². The Morgan fingerprint density at radius 1 is 1.27 bits per heavy atom. The van der Waals surface area contributed by atoms with Crippen molar-refractivity contribution in [1.29, 1.82) is 0 Å². The monoisotopic (exact) mass is 317 g/mol. The summed E-state index contributed by atoms with van der Waals surface area (Å²) in [5, 5.41) is 0. The molecule has 0 amide bonds. The van der Waals surface area contributed by atoms with Crippen molar-refractivity contribution >= 4 is 27.3 Å². The van der Waals surface area contributed by atoms with Crippen molar-refractivity contribution in [2.75, 3.05) is 0 Å². The first-order chi connectivity index (χ1) is 10.7. The zero-order valence-corrected chi connectivity index (χ0v) is 14.0. The number of rotatable bonds is 6.